The number of aromatic nitrogens is 2. The Labute approximate surface area is 124 Å². The van der Waals surface area contributed by atoms with Crippen LogP contribution in [-0.4, -0.2) is 34.0 Å². The molecule has 5 heteroatoms. The van der Waals surface area contributed by atoms with Gasteiger partial charge in [0.1, 0.15) is 18.0 Å². The zero-order chi connectivity index (χ0) is 14.7. The van der Waals surface area contributed by atoms with Gasteiger partial charge in [0, 0.05) is 37.4 Å². The van der Waals surface area contributed by atoms with Gasteiger partial charge >= 0.3 is 0 Å². The van der Waals surface area contributed by atoms with Crippen molar-refractivity contribution in [2.45, 2.75) is 25.9 Å². The third kappa shape index (κ3) is 3.76. The molecule has 110 valence electrons. The van der Waals surface area contributed by atoms with Crippen LogP contribution in [0.15, 0.2) is 36.7 Å². The molecular formula is C16H19FN4. The van der Waals surface area contributed by atoms with Crippen LogP contribution in [0.4, 0.5) is 10.2 Å². The summed E-state index contributed by atoms with van der Waals surface area (Å²) in [4.78, 5) is 10.7. The molecule has 2 heterocycles. The molecule has 1 aromatic carbocycles. The monoisotopic (exact) mass is 286 g/mol. The number of hydrogen-bond acceptors (Lipinski definition) is 4. The molecule has 1 N–H and O–H groups in total. The first kappa shape index (κ1) is 13.9. The van der Waals surface area contributed by atoms with Crippen molar-refractivity contribution in [2.24, 2.45) is 0 Å². The molecule has 0 radical (unpaired) electrons. The Bertz CT molecular complexity index is 599. The number of nitrogens with zero attached hydrogens (tertiary/aromatic N) is 3. The zero-order valence-corrected chi connectivity index (χ0v) is 12.1. The summed E-state index contributed by atoms with van der Waals surface area (Å²) in [5, 5.41) is 3.45. The number of anilines is 1. The first-order valence-corrected chi connectivity index (χ1v) is 7.21. The van der Waals surface area contributed by atoms with Crippen molar-refractivity contribution in [3.05, 3.63) is 53.7 Å². The quantitative estimate of drug-likeness (QED) is 0.938. The topological polar surface area (TPSA) is 41.0 Å². The number of hydrogen-bond donors (Lipinski definition) is 1. The predicted molar refractivity (Wildman–Crippen MR) is 80.5 cm³/mol. The van der Waals surface area contributed by atoms with Crippen LogP contribution < -0.4 is 5.32 Å². The van der Waals surface area contributed by atoms with Gasteiger partial charge in [0.15, 0.2) is 0 Å². The van der Waals surface area contributed by atoms with E-state index in [1.807, 2.05) is 25.1 Å². The van der Waals surface area contributed by atoms with Crippen LogP contribution in [-0.2, 0) is 6.54 Å². The van der Waals surface area contributed by atoms with Crippen molar-refractivity contribution in [3.8, 4) is 0 Å². The highest BCUT2D eigenvalue weighted by Crippen LogP contribution is 2.17. The van der Waals surface area contributed by atoms with E-state index in [0.29, 0.717) is 6.04 Å². The molecule has 1 atom stereocenters. The Morgan fingerprint density at radius 3 is 2.86 bits per heavy atom. The van der Waals surface area contributed by atoms with Gasteiger partial charge in [-0.2, -0.15) is 0 Å². The van der Waals surface area contributed by atoms with E-state index in [9.17, 15) is 4.39 Å². The minimum Gasteiger partial charge on any atom is -0.366 e. The van der Waals surface area contributed by atoms with E-state index in [0.717, 1.165) is 43.1 Å². The Hall–Kier alpha value is -2.01. The fraction of sp³-hybridized carbons (Fsp3) is 0.375. The van der Waals surface area contributed by atoms with Gasteiger partial charge in [0.2, 0.25) is 0 Å². The summed E-state index contributed by atoms with van der Waals surface area (Å²) in [6.07, 6.45) is 2.67. The van der Waals surface area contributed by atoms with E-state index in [1.54, 1.807) is 6.33 Å². The van der Waals surface area contributed by atoms with E-state index in [2.05, 4.69) is 20.2 Å². The molecule has 1 aliphatic rings. The lowest BCUT2D eigenvalue weighted by molar-refractivity contribution is 0.328. The maximum Gasteiger partial charge on any atom is 0.129 e. The highest BCUT2D eigenvalue weighted by molar-refractivity contribution is 5.36. The molecule has 1 aliphatic heterocycles. The highest BCUT2D eigenvalue weighted by Gasteiger charge is 2.22. The smallest absolute Gasteiger partial charge is 0.129 e. The molecule has 0 aliphatic carbocycles. The number of benzene rings is 1. The fourth-order valence-corrected chi connectivity index (χ4v) is 2.68. The fourth-order valence-electron chi connectivity index (χ4n) is 2.68. The van der Waals surface area contributed by atoms with Gasteiger partial charge in [-0.15, -0.1) is 0 Å². The Morgan fingerprint density at radius 1 is 1.29 bits per heavy atom. The number of rotatable bonds is 4. The lowest BCUT2D eigenvalue weighted by atomic mass is 10.2. The predicted octanol–water partition coefficient (Wildman–Crippen LogP) is 2.61. The summed E-state index contributed by atoms with van der Waals surface area (Å²) < 4.78 is 12.9. The van der Waals surface area contributed by atoms with Crippen LogP contribution in [0, 0.1) is 12.7 Å². The van der Waals surface area contributed by atoms with Crippen LogP contribution in [0.2, 0.25) is 0 Å². The average molecular weight is 286 g/mol. The summed E-state index contributed by atoms with van der Waals surface area (Å²) in [6, 6.07) is 9.10. The van der Waals surface area contributed by atoms with E-state index in [1.165, 1.54) is 12.1 Å². The van der Waals surface area contributed by atoms with Crippen LogP contribution in [0.25, 0.3) is 0 Å². The summed E-state index contributed by atoms with van der Waals surface area (Å²) >= 11 is 0. The summed E-state index contributed by atoms with van der Waals surface area (Å²) in [5.41, 5.74) is 2.11. The van der Waals surface area contributed by atoms with E-state index in [4.69, 9.17) is 0 Å². The normalized spacial score (nSPS) is 18.9. The van der Waals surface area contributed by atoms with E-state index < -0.39 is 0 Å². The molecule has 0 amide bonds. The SMILES string of the molecule is Cc1cc(NC2CCN(Cc3ccc(F)cc3)C2)ncn1. The maximum atomic E-state index is 12.9. The largest absolute Gasteiger partial charge is 0.366 e. The van der Waals surface area contributed by atoms with Gasteiger partial charge in [-0.3, -0.25) is 4.90 Å². The van der Waals surface area contributed by atoms with Gasteiger partial charge in [-0.05, 0) is 31.0 Å². The Morgan fingerprint density at radius 2 is 2.10 bits per heavy atom. The molecule has 1 fully saturated rings. The maximum absolute atomic E-state index is 12.9. The molecular weight excluding hydrogens is 267 g/mol. The van der Waals surface area contributed by atoms with Gasteiger partial charge in [-0.25, -0.2) is 14.4 Å². The summed E-state index contributed by atoms with van der Waals surface area (Å²) in [7, 11) is 0. The molecule has 21 heavy (non-hydrogen) atoms. The minimum atomic E-state index is -0.182. The van der Waals surface area contributed by atoms with E-state index >= 15 is 0 Å². The molecule has 3 rings (SSSR count). The lowest BCUT2D eigenvalue weighted by Crippen LogP contribution is -2.26. The van der Waals surface area contributed by atoms with Crippen molar-refractivity contribution in [2.75, 3.05) is 18.4 Å². The second kappa shape index (κ2) is 6.18. The molecule has 1 aromatic heterocycles. The second-order valence-corrected chi connectivity index (χ2v) is 5.54. The average Bonchev–Trinajstić information content (AvgIpc) is 2.89. The molecule has 2 aromatic rings. The van der Waals surface area contributed by atoms with E-state index in [-0.39, 0.29) is 5.82 Å². The van der Waals surface area contributed by atoms with Crippen LogP contribution in [0.5, 0.6) is 0 Å². The van der Waals surface area contributed by atoms with Crippen LogP contribution in [0.3, 0.4) is 0 Å². The van der Waals surface area contributed by atoms with Gasteiger partial charge in [0.05, 0.1) is 0 Å². The van der Waals surface area contributed by atoms with Crippen molar-refractivity contribution >= 4 is 5.82 Å². The van der Waals surface area contributed by atoms with Crippen molar-refractivity contribution in [1.82, 2.24) is 14.9 Å². The van der Waals surface area contributed by atoms with Crippen LogP contribution >= 0.6 is 0 Å². The van der Waals surface area contributed by atoms with Crippen molar-refractivity contribution in [1.29, 1.82) is 0 Å². The first-order valence-electron chi connectivity index (χ1n) is 7.21. The zero-order valence-electron chi connectivity index (χ0n) is 12.1. The molecule has 0 saturated carbocycles. The third-order valence-corrected chi connectivity index (χ3v) is 3.75. The molecule has 4 nitrogen and oxygen atoms in total. The Kier molecular flexibility index (Phi) is 4.10. The number of nitrogens with one attached hydrogen (secondary N) is 1. The molecule has 0 bridgehead atoms. The van der Waals surface area contributed by atoms with Gasteiger partial charge in [-0.1, -0.05) is 12.1 Å². The Balaban J connectivity index is 1.54. The summed E-state index contributed by atoms with van der Waals surface area (Å²) in [5.74, 6) is 0.704. The third-order valence-electron chi connectivity index (χ3n) is 3.75. The van der Waals surface area contributed by atoms with Crippen LogP contribution in [0.1, 0.15) is 17.7 Å². The molecule has 1 unspecified atom stereocenters. The molecule has 0 spiro atoms. The highest BCUT2D eigenvalue weighted by atomic mass is 19.1. The minimum absolute atomic E-state index is 0.182. The summed E-state index contributed by atoms with van der Waals surface area (Å²) in [6.45, 7) is 4.84. The van der Waals surface area contributed by atoms with Gasteiger partial charge < -0.3 is 5.32 Å². The standard InChI is InChI=1S/C16H19FN4/c1-12-8-16(19-11-18-12)20-15-6-7-21(10-15)9-13-2-4-14(17)5-3-13/h2-5,8,11,15H,6-7,9-10H2,1H3,(H,18,19,20). The first-order chi connectivity index (χ1) is 10.2. The molecule has 1 saturated heterocycles. The lowest BCUT2D eigenvalue weighted by Gasteiger charge is -2.17. The number of halogens is 1. The number of likely N-dealkylation sites (tertiary alicyclic amines) is 1. The number of aryl methyl sites for hydroxylation is 1. The van der Waals surface area contributed by atoms with Crippen molar-refractivity contribution < 1.29 is 4.39 Å². The second-order valence-electron chi connectivity index (χ2n) is 5.54. The van der Waals surface area contributed by atoms with Gasteiger partial charge in [0.25, 0.3) is 0 Å². The van der Waals surface area contributed by atoms with Crippen molar-refractivity contribution in [3.63, 3.8) is 0 Å².